The van der Waals surface area contributed by atoms with Gasteiger partial charge in [0.05, 0.1) is 11.6 Å². The van der Waals surface area contributed by atoms with Gasteiger partial charge in [-0.2, -0.15) is 5.26 Å². The first kappa shape index (κ1) is 11.5. The van der Waals surface area contributed by atoms with Crippen molar-refractivity contribution < 1.29 is 4.74 Å². The number of aryl methyl sites for hydroxylation is 1. The van der Waals surface area contributed by atoms with Crippen LogP contribution in [0.15, 0.2) is 42.5 Å². The van der Waals surface area contributed by atoms with Gasteiger partial charge in [0.1, 0.15) is 11.5 Å². The molecule has 0 aliphatic rings. The first-order valence-electron chi connectivity index (χ1n) is 5.13. The zero-order valence-electron chi connectivity index (χ0n) is 9.27. The van der Waals surface area contributed by atoms with Gasteiger partial charge in [0.2, 0.25) is 0 Å². The summed E-state index contributed by atoms with van der Waals surface area (Å²) in [4.78, 5) is 0. The maximum absolute atomic E-state index is 8.78. The summed E-state index contributed by atoms with van der Waals surface area (Å²) in [7, 11) is 0. The lowest BCUT2D eigenvalue weighted by Gasteiger charge is -2.07. The lowest BCUT2D eigenvalue weighted by molar-refractivity contribution is 0.482. The summed E-state index contributed by atoms with van der Waals surface area (Å²) in [6, 6.07) is 14.6. The van der Waals surface area contributed by atoms with Crippen LogP contribution in [-0.4, -0.2) is 0 Å². The molecule has 0 heterocycles. The Morgan fingerprint density at radius 2 is 1.88 bits per heavy atom. The topological polar surface area (TPSA) is 33.0 Å². The van der Waals surface area contributed by atoms with Gasteiger partial charge >= 0.3 is 0 Å². The molecule has 84 valence electrons. The number of nitrogens with zero attached hydrogens (tertiary/aromatic N) is 1. The van der Waals surface area contributed by atoms with Gasteiger partial charge in [-0.15, -0.1) is 0 Å². The fourth-order valence-electron chi connectivity index (χ4n) is 1.40. The second-order valence-corrected chi connectivity index (χ2v) is 4.06. The summed E-state index contributed by atoms with van der Waals surface area (Å²) >= 11 is 6.01. The van der Waals surface area contributed by atoms with E-state index in [1.165, 1.54) is 0 Å². The van der Waals surface area contributed by atoms with Gasteiger partial charge in [-0.1, -0.05) is 23.7 Å². The van der Waals surface area contributed by atoms with Gasteiger partial charge in [-0.05, 0) is 42.8 Å². The summed E-state index contributed by atoms with van der Waals surface area (Å²) in [5.74, 6) is 1.29. The van der Waals surface area contributed by atoms with E-state index in [1.807, 2.05) is 19.1 Å². The van der Waals surface area contributed by atoms with Gasteiger partial charge in [0.25, 0.3) is 0 Å². The van der Waals surface area contributed by atoms with E-state index >= 15 is 0 Å². The van der Waals surface area contributed by atoms with Crippen molar-refractivity contribution in [3.05, 3.63) is 58.6 Å². The molecule has 0 radical (unpaired) electrons. The molecule has 17 heavy (non-hydrogen) atoms. The van der Waals surface area contributed by atoms with Crippen molar-refractivity contribution in [3.63, 3.8) is 0 Å². The van der Waals surface area contributed by atoms with Crippen LogP contribution in [-0.2, 0) is 0 Å². The Morgan fingerprint density at radius 1 is 1.12 bits per heavy atom. The van der Waals surface area contributed by atoms with Crippen LogP contribution in [0.3, 0.4) is 0 Å². The highest BCUT2D eigenvalue weighted by Crippen LogP contribution is 2.26. The minimum atomic E-state index is 0.570. The highest BCUT2D eigenvalue weighted by molar-refractivity contribution is 6.31. The van der Waals surface area contributed by atoms with Gasteiger partial charge < -0.3 is 4.74 Å². The number of hydrogen-bond acceptors (Lipinski definition) is 2. The Balaban J connectivity index is 2.25. The number of halogens is 1. The van der Waals surface area contributed by atoms with Crippen molar-refractivity contribution in [2.75, 3.05) is 0 Å². The smallest absolute Gasteiger partial charge is 0.128 e. The molecule has 0 bridgehead atoms. The lowest BCUT2D eigenvalue weighted by atomic mass is 10.2. The van der Waals surface area contributed by atoms with Crippen molar-refractivity contribution in [2.24, 2.45) is 0 Å². The highest BCUT2D eigenvalue weighted by Gasteiger charge is 2.01. The van der Waals surface area contributed by atoms with E-state index < -0.39 is 0 Å². The quantitative estimate of drug-likeness (QED) is 0.787. The molecule has 2 aromatic carbocycles. The second-order valence-electron chi connectivity index (χ2n) is 3.65. The van der Waals surface area contributed by atoms with Crippen molar-refractivity contribution >= 4 is 11.6 Å². The number of benzene rings is 2. The first-order valence-corrected chi connectivity index (χ1v) is 5.51. The molecular formula is C14H10ClNO. The number of rotatable bonds is 2. The zero-order chi connectivity index (χ0) is 12.3. The summed E-state index contributed by atoms with van der Waals surface area (Å²) < 4.78 is 5.62. The molecular weight excluding hydrogens is 234 g/mol. The predicted molar refractivity (Wildman–Crippen MR) is 67.4 cm³/mol. The van der Waals surface area contributed by atoms with Crippen LogP contribution in [0.4, 0.5) is 0 Å². The minimum absolute atomic E-state index is 0.570. The third kappa shape index (κ3) is 2.77. The maximum atomic E-state index is 8.78. The van der Waals surface area contributed by atoms with E-state index in [-0.39, 0.29) is 0 Å². The second kappa shape index (κ2) is 4.90. The molecule has 0 N–H and O–H groups in total. The normalized spacial score (nSPS) is 9.71. The minimum Gasteiger partial charge on any atom is -0.457 e. The van der Waals surface area contributed by atoms with Crippen LogP contribution >= 0.6 is 11.6 Å². The van der Waals surface area contributed by atoms with Gasteiger partial charge in [-0.25, -0.2) is 0 Å². The Labute approximate surface area is 105 Å². The number of nitriles is 1. The molecule has 0 saturated carbocycles. The molecule has 2 aromatic rings. The molecule has 0 amide bonds. The van der Waals surface area contributed by atoms with E-state index in [9.17, 15) is 0 Å². The van der Waals surface area contributed by atoms with Crippen molar-refractivity contribution in [1.29, 1.82) is 5.26 Å². The fourth-order valence-corrected chi connectivity index (χ4v) is 1.57. The van der Waals surface area contributed by atoms with Crippen molar-refractivity contribution in [1.82, 2.24) is 0 Å². The van der Waals surface area contributed by atoms with E-state index in [4.69, 9.17) is 21.6 Å². The Morgan fingerprint density at radius 3 is 2.59 bits per heavy atom. The molecule has 0 aromatic heterocycles. The molecule has 0 spiro atoms. The standard InChI is InChI=1S/C14H10ClNO/c1-10-5-6-13(8-14(10)15)17-12-4-2-3-11(7-12)9-16/h2-8H,1H3. The molecule has 2 rings (SSSR count). The van der Waals surface area contributed by atoms with Crippen LogP contribution in [0.25, 0.3) is 0 Å². The fraction of sp³-hybridized carbons (Fsp3) is 0.0714. The van der Waals surface area contributed by atoms with Crippen molar-refractivity contribution in [2.45, 2.75) is 6.92 Å². The van der Waals surface area contributed by atoms with E-state index in [1.54, 1.807) is 30.3 Å². The SMILES string of the molecule is Cc1ccc(Oc2cccc(C#N)c2)cc1Cl. The molecule has 2 nitrogen and oxygen atoms in total. The molecule has 0 atom stereocenters. The average molecular weight is 244 g/mol. The number of hydrogen-bond donors (Lipinski definition) is 0. The molecule has 3 heteroatoms. The monoisotopic (exact) mass is 243 g/mol. The van der Waals surface area contributed by atoms with E-state index in [0.29, 0.717) is 22.1 Å². The van der Waals surface area contributed by atoms with Crippen LogP contribution in [0, 0.1) is 18.3 Å². The van der Waals surface area contributed by atoms with Gasteiger partial charge in [0.15, 0.2) is 0 Å². The predicted octanol–water partition coefficient (Wildman–Crippen LogP) is 4.31. The summed E-state index contributed by atoms with van der Waals surface area (Å²) in [5, 5.41) is 9.45. The Hall–Kier alpha value is -1.98. The Kier molecular flexibility index (Phi) is 3.32. The summed E-state index contributed by atoms with van der Waals surface area (Å²) in [5.41, 5.74) is 1.57. The molecule has 0 unspecified atom stereocenters. The van der Waals surface area contributed by atoms with Gasteiger partial charge in [0, 0.05) is 5.02 Å². The maximum Gasteiger partial charge on any atom is 0.128 e. The van der Waals surface area contributed by atoms with E-state index in [0.717, 1.165) is 5.56 Å². The highest BCUT2D eigenvalue weighted by atomic mass is 35.5. The van der Waals surface area contributed by atoms with E-state index in [2.05, 4.69) is 6.07 Å². The van der Waals surface area contributed by atoms with Crippen LogP contribution in [0.1, 0.15) is 11.1 Å². The van der Waals surface area contributed by atoms with Gasteiger partial charge in [-0.3, -0.25) is 0 Å². The summed E-state index contributed by atoms with van der Waals surface area (Å²) in [6.45, 7) is 1.93. The molecule has 0 aliphatic carbocycles. The first-order chi connectivity index (χ1) is 8.19. The van der Waals surface area contributed by atoms with Crippen molar-refractivity contribution in [3.8, 4) is 17.6 Å². The summed E-state index contributed by atoms with van der Waals surface area (Å²) in [6.07, 6.45) is 0. The third-order valence-corrected chi connectivity index (χ3v) is 2.75. The molecule has 0 fully saturated rings. The molecule has 0 aliphatic heterocycles. The van der Waals surface area contributed by atoms with Crippen LogP contribution in [0.5, 0.6) is 11.5 Å². The van der Waals surface area contributed by atoms with Crippen LogP contribution in [0.2, 0.25) is 5.02 Å². The lowest BCUT2D eigenvalue weighted by Crippen LogP contribution is -1.86. The molecule has 0 saturated heterocycles. The van der Waals surface area contributed by atoms with Crippen LogP contribution < -0.4 is 4.74 Å². The zero-order valence-corrected chi connectivity index (χ0v) is 10.0. The largest absolute Gasteiger partial charge is 0.457 e. The number of ether oxygens (including phenoxy) is 1. The Bertz CT molecular complexity index is 587. The third-order valence-electron chi connectivity index (χ3n) is 2.34. The average Bonchev–Trinajstić information content (AvgIpc) is 2.34.